The predicted octanol–water partition coefficient (Wildman–Crippen LogP) is 2.05. The first-order valence-corrected chi connectivity index (χ1v) is 7.46. The van der Waals surface area contributed by atoms with Crippen LogP contribution in [0.4, 0.5) is 0 Å². The molecule has 1 saturated heterocycles. The van der Waals surface area contributed by atoms with Crippen LogP contribution in [0.1, 0.15) is 46.0 Å². The zero-order valence-corrected chi connectivity index (χ0v) is 11.8. The largest absolute Gasteiger partial charge is 0.479 e. The van der Waals surface area contributed by atoms with Gasteiger partial charge in [0, 0.05) is 0 Å². The van der Waals surface area contributed by atoms with Crippen molar-refractivity contribution in [1.82, 2.24) is 0 Å². The summed E-state index contributed by atoms with van der Waals surface area (Å²) in [5.74, 6) is 0.680. The Morgan fingerprint density at radius 3 is 2.68 bits per heavy atom. The molecule has 19 heavy (non-hydrogen) atoms. The maximum absolute atomic E-state index is 11.4. The van der Waals surface area contributed by atoms with E-state index in [1.165, 1.54) is 6.42 Å². The van der Waals surface area contributed by atoms with Crippen molar-refractivity contribution in [2.75, 3.05) is 6.61 Å². The summed E-state index contributed by atoms with van der Waals surface area (Å²) in [5, 5.41) is 19.8. The molecule has 0 amide bonds. The number of hydrogen-bond acceptors (Lipinski definition) is 3. The Morgan fingerprint density at radius 1 is 1.32 bits per heavy atom. The SMILES string of the molecule is CC(C)C1CC[C@]23CO[C@@H](C2)[C@@](O)(C(=O)O)CC[C@@H]13. The second-order valence-corrected chi connectivity index (χ2v) is 7.19. The van der Waals surface area contributed by atoms with Crippen molar-refractivity contribution in [2.45, 2.75) is 57.7 Å². The molecule has 0 aromatic carbocycles. The van der Waals surface area contributed by atoms with Gasteiger partial charge in [-0.05, 0) is 55.3 Å². The Kier molecular flexibility index (Phi) is 2.95. The lowest BCUT2D eigenvalue weighted by Gasteiger charge is -2.34. The van der Waals surface area contributed by atoms with Crippen molar-refractivity contribution in [3.8, 4) is 0 Å². The third kappa shape index (κ3) is 1.76. The molecule has 1 aliphatic heterocycles. The van der Waals surface area contributed by atoms with Crippen molar-refractivity contribution in [3.63, 3.8) is 0 Å². The van der Waals surface area contributed by atoms with Gasteiger partial charge >= 0.3 is 5.97 Å². The fraction of sp³-hybridized carbons (Fsp3) is 0.933. The van der Waals surface area contributed by atoms with Crippen LogP contribution in [0.2, 0.25) is 0 Å². The molecule has 2 aliphatic carbocycles. The highest BCUT2D eigenvalue weighted by atomic mass is 16.5. The maximum Gasteiger partial charge on any atom is 0.338 e. The first-order valence-electron chi connectivity index (χ1n) is 7.46. The fourth-order valence-electron chi connectivity index (χ4n) is 4.89. The van der Waals surface area contributed by atoms with Crippen LogP contribution in [0.25, 0.3) is 0 Å². The molecular formula is C15H24O4. The van der Waals surface area contributed by atoms with Crippen LogP contribution in [0.5, 0.6) is 0 Å². The van der Waals surface area contributed by atoms with Crippen LogP contribution in [0.15, 0.2) is 0 Å². The monoisotopic (exact) mass is 268 g/mol. The highest BCUT2D eigenvalue weighted by Gasteiger charge is 2.61. The van der Waals surface area contributed by atoms with Crippen molar-refractivity contribution in [1.29, 1.82) is 0 Å². The number of aliphatic hydroxyl groups is 1. The first kappa shape index (κ1) is 13.4. The summed E-state index contributed by atoms with van der Waals surface area (Å²) in [5.41, 5.74) is -1.53. The van der Waals surface area contributed by atoms with E-state index in [1.54, 1.807) is 0 Å². The Labute approximate surface area is 114 Å². The molecule has 4 heteroatoms. The fourth-order valence-corrected chi connectivity index (χ4v) is 4.89. The van der Waals surface area contributed by atoms with Gasteiger partial charge in [0.05, 0.1) is 12.7 Å². The second kappa shape index (κ2) is 4.19. The quantitative estimate of drug-likeness (QED) is 0.804. The van der Waals surface area contributed by atoms with Gasteiger partial charge < -0.3 is 14.9 Å². The van der Waals surface area contributed by atoms with E-state index >= 15 is 0 Å². The predicted molar refractivity (Wildman–Crippen MR) is 69.7 cm³/mol. The third-order valence-electron chi connectivity index (χ3n) is 6.04. The summed E-state index contributed by atoms with van der Waals surface area (Å²) in [4.78, 5) is 11.4. The van der Waals surface area contributed by atoms with Crippen LogP contribution in [-0.4, -0.2) is 34.5 Å². The Bertz CT molecular complexity index is 394. The van der Waals surface area contributed by atoms with Crippen LogP contribution in [0, 0.1) is 23.2 Å². The lowest BCUT2D eigenvalue weighted by atomic mass is 9.71. The van der Waals surface area contributed by atoms with E-state index in [0.29, 0.717) is 30.8 Å². The van der Waals surface area contributed by atoms with E-state index in [2.05, 4.69) is 13.8 Å². The summed E-state index contributed by atoms with van der Waals surface area (Å²) in [6, 6.07) is 0. The molecule has 1 spiro atoms. The second-order valence-electron chi connectivity index (χ2n) is 7.19. The molecule has 108 valence electrons. The summed E-state index contributed by atoms with van der Waals surface area (Å²) in [7, 11) is 0. The van der Waals surface area contributed by atoms with E-state index in [-0.39, 0.29) is 5.41 Å². The van der Waals surface area contributed by atoms with Gasteiger partial charge in [-0.1, -0.05) is 13.8 Å². The molecule has 0 radical (unpaired) electrons. The van der Waals surface area contributed by atoms with E-state index in [1.807, 2.05) is 0 Å². The normalized spacial score (nSPS) is 49.2. The van der Waals surface area contributed by atoms with E-state index in [0.717, 1.165) is 19.3 Å². The molecule has 3 fully saturated rings. The highest BCUT2D eigenvalue weighted by Crippen LogP contribution is 2.60. The van der Waals surface area contributed by atoms with Crippen LogP contribution in [-0.2, 0) is 9.53 Å². The number of carbonyl (C=O) groups is 1. The van der Waals surface area contributed by atoms with Gasteiger partial charge in [-0.3, -0.25) is 0 Å². The molecule has 0 aromatic heterocycles. The lowest BCUT2D eigenvalue weighted by Crippen LogP contribution is -2.49. The zero-order chi connectivity index (χ0) is 13.8. The number of fused-ring (bicyclic) bond motifs is 1. The van der Waals surface area contributed by atoms with Crippen molar-refractivity contribution in [2.24, 2.45) is 23.2 Å². The number of carboxylic acid groups (broad SMARTS) is 1. The van der Waals surface area contributed by atoms with Gasteiger partial charge in [0.25, 0.3) is 0 Å². The average molecular weight is 268 g/mol. The average Bonchev–Trinajstić information content (AvgIpc) is 2.89. The molecule has 3 rings (SSSR count). The minimum Gasteiger partial charge on any atom is -0.479 e. The Hall–Kier alpha value is -0.610. The molecule has 2 bridgehead atoms. The Morgan fingerprint density at radius 2 is 2.05 bits per heavy atom. The molecule has 5 atom stereocenters. The van der Waals surface area contributed by atoms with Gasteiger partial charge in [-0.15, -0.1) is 0 Å². The smallest absolute Gasteiger partial charge is 0.338 e. The van der Waals surface area contributed by atoms with Crippen LogP contribution < -0.4 is 0 Å². The molecule has 4 nitrogen and oxygen atoms in total. The number of ether oxygens (including phenoxy) is 1. The van der Waals surface area contributed by atoms with Gasteiger partial charge in [0.2, 0.25) is 0 Å². The van der Waals surface area contributed by atoms with Crippen LogP contribution >= 0.6 is 0 Å². The number of carboxylic acids is 1. The highest BCUT2D eigenvalue weighted by molar-refractivity contribution is 5.78. The molecule has 2 N–H and O–H groups in total. The molecule has 2 saturated carbocycles. The molecule has 3 aliphatic rings. The van der Waals surface area contributed by atoms with Crippen molar-refractivity contribution >= 4 is 5.97 Å². The van der Waals surface area contributed by atoms with Gasteiger partial charge in [-0.2, -0.15) is 0 Å². The standard InChI is InChI=1S/C15H24O4/c1-9(2)10-3-5-14-7-12(19-8-14)15(18,13(16)17)6-4-11(10)14/h9-12,18H,3-8H2,1-2H3,(H,16,17)/t10?,11-,12-,14+,15+/m0/s1. The first-order chi connectivity index (χ1) is 8.89. The van der Waals surface area contributed by atoms with Crippen LogP contribution in [0.3, 0.4) is 0 Å². The van der Waals surface area contributed by atoms with Gasteiger partial charge in [0.15, 0.2) is 5.60 Å². The minimum absolute atomic E-state index is 0.138. The maximum atomic E-state index is 11.4. The van der Waals surface area contributed by atoms with E-state index in [9.17, 15) is 15.0 Å². The minimum atomic E-state index is -1.67. The topological polar surface area (TPSA) is 66.8 Å². The van der Waals surface area contributed by atoms with Gasteiger partial charge in [-0.25, -0.2) is 4.79 Å². The summed E-state index contributed by atoms with van der Waals surface area (Å²) in [6.45, 7) is 5.15. The third-order valence-corrected chi connectivity index (χ3v) is 6.04. The van der Waals surface area contributed by atoms with E-state index in [4.69, 9.17) is 4.74 Å². The van der Waals surface area contributed by atoms with Crippen molar-refractivity contribution < 1.29 is 19.7 Å². The summed E-state index contributed by atoms with van der Waals surface area (Å²) < 4.78 is 5.74. The Balaban J connectivity index is 1.92. The molecule has 1 heterocycles. The number of aliphatic carboxylic acids is 1. The van der Waals surface area contributed by atoms with Gasteiger partial charge in [0.1, 0.15) is 0 Å². The summed E-state index contributed by atoms with van der Waals surface area (Å²) in [6.07, 6.45) is 3.73. The number of hydrogen-bond donors (Lipinski definition) is 2. The number of rotatable bonds is 2. The molecule has 0 aromatic rings. The zero-order valence-electron chi connectivity index (χ0n) is 11.8. The van der Waals surface area contributed by atoms with E-state index < -0.39 is 17.7 Å². The lowest BCUT2D eigenvalue weighted by molar-refractivity contribution is -0.175. The van der Waals surface area contributed by atoms with Crippen molar-refractivity contribution in [3.05, 3.63) is 0 Å². The molecular weight excluding hydrogens is 244 g/mol. The summed E-state index contributed by atoms with van der Waals surface area (Å²) >= 11 is 0. The molecule has 1 unspecified atom stereocenters.